The fourth-order valence-corrected chi connectivity index (χ4v) is 5.23. The first-order chi connectivity index (χ1) is 24.3. The number of carbonyl (C=O) groups is 3. The third-order valence-corrected chi connectivity index (χ3v) is 8.22. The Bertz CT molecular complexity index is 1160. The summed E-state index contributed by atoms with van der Waals surface area (Å²) in [6.45, 7) is 15.6. The Morgan fingerprint density at radius 1 is 0.686 bits per heavy atom. The Morgan fingerprint density at radius 2 is 1.16 bits per heavy atom. The summed E-state index contributed by atoms with van der Waals surface area (Å²) in [7, 11) is 0. The Kier molecular flexibility index (Phi) is 24.4. The number of aromatic amines is 1. The van der Waals surface area contributed by atoms with Crippen LogP contribution in [0.1, 0.15) is 137 Å². The van der Waals surface area contributed by atoms with Crippen LogP contribution in [0.4, 0.5) is 20.3 Å². The van der Waals surface area contributed by atoms with Crippen molar-refractivity contribution in [2.24, 2.45) is 0 Å². The predicted molar refractivity (Wildman–Crippen MR) is 202 cm³/mol. The molecule has 0 aromatic carbocycles. The molecule has 5 amide bonds. The number of anilines is 1. The van der Waals surface area contributed by atoms with E-state index in [2.05, 4.69) is 36.6 Å². The number of ether oxygens (including phenoxy) is 3. The number of rotatable bonds is 29. The van der Waals surface area contributed by atoms with E-state index in [0.717, 1.165) is 51.4 Å². The number of hydrogen-bond donors (Lipinski definition) is 6. The smallest absolute Gasteiger partial charge is 0.407 e. The number of urea groups is 2. The van der Waals surface area contributed by atoms with Crippen molar-refractivity contribution >= 4 is 24.1 Å². The summed E-state index contributed by atoms with van der Waals surface area (Å²) < 4.78 is 17.0. The Labute approximate surface area is 306 Å². The number of aromatic nitrogens is 2. The van der Waals surface area contributed by atoms with Crippen LogP contribution in [0.5, 0.6) is 0 Å². The number of unbranched alkanes of at least 4 members (excludes halogenated alkanes) is 12. The van der Waals surface area contributed by atoms with Crippen LogP contribution in [0.25, 0.3) is 0 Å². The molecule has 294 valence electrons. The number of nitrogens with zero attached hydrogens (tertiary/aromatic N) is 1. The van der Waals surface area contributed by atoms with E-state index in [1.54, 1.807) is 6.92 Å². The van der Waals surface area contributed by atoms with Crippen LogP contribution in [0, 0.1) is 6.92 Å². The van der Waals surface area contributed by atoms with E-state index in [9.17, 15) is 19.2 Å². The largest absolute Gasteiger partial charge is 0.449 e. The average molecular weight is 724 g/mol. The highest BCUT2D eigenvalue weighted by Gasteiger charge is 2.25. The summed E-state index contributed by atoms with van der Waals surface area (Å²) >= 11 is 0. The molecule has 0 aliphatic heterocycles. The minimum atomic E-state index is -0.409. The first-order valence-electron chi connectivity index (χ1n) is 19.1. The lowest BCUT2D eigenvalue weighted by Crippen LogP contribution is -2.37. The van der Waals surface area contributed by atoms with Gasteiger partial charge in [-0.1, -0.05) is 64.2 Å². The van der Waals surface area contributed by atoms with E-state index in [1.165, 1.54) is 44.6 Å². The zero-order chi connectivity index (χ0) is 37.8. The van der Waals surface area contributed by atoms with Gasteiger partial charge < -0.3 is 35.5 Å². The lowest BCUT2D eigenvalue weighted by Gasteiger charge is -2.31. The molecule has 0 aliphatic carbocycles. The van der Waals surface area contributed by atoms with Crippen molar-refractivity contribution in [1.82, 2.24) is 31.2 Å². The minimum Gasteiger partial charge on any atom is -0.449 e. The van der Waals surface area contributed by atoms with Gasteiger partial charge in [-0.25, -0.2) is 19.4 Å². The summed E-state index contributed by atoms with van der Waals surface area (Å²) in [5.41, 5.74) is -0.520. The summed E-state index contributed by atoms with van der Waals surface area (Å²) in [5, 5.41) is 13.9. The van der Waals surface area contributed by atoms with E-state index in [1.807, 2.05) is 34.6 Å². The van der Waals surface area contributed by atoms with Crippen LogP contribution in [-0.4, -0.2) is 85.3 Å². The number of carbonyl (C=O) groups excluding carboxylic acids is 3. The van der Waals surface area contributed by atoms with Gasteiger partial charge in [-0.2, -0.15) is 0 Å². The van der Waals surface area contributed by atoms with Crippen LogP contribution in [-0.2, 0) is 14.2 Å². The number of amides is 5. The minimum absolute atomic E-state index is 0.119. The van der Waals surface area contributed by atoms with Crippen molar-refractivity contribution in [2.75, 3.05) is 51.3 Å². The third kappa shape index (κ3) is 27.0. The fourth-order valence-electron chi connectivity index (χ4n) is 5.23. The fraction of sp³-hybridized carbons (Fsp3) is 0.811. The molecular formula is C37H69N7O7. The highest BCUT2D eigenvalue weighted by molar-refractivity contribution is 5.87. The lowest BCUT2D eigenvalue weighted by molar-refractivity contribution is -0.122. The Balaban J connectivity index is 1.83. The molecule has 1 aromatic heterocycles. The number of nitrogens with one attached hydrogen (secondary N) is 6. The molecule has 0 bridgehead atoms. The average Bonchev–Trinajstić information content (AvgIpc) is 3.04. The van der Waals surface area contributed by atoms with E-state index < -0.39 is 11.6 Å². The Morgan fingerprint density at radius 3 is 1.65 bits per heavy atom. The van der Waals surface area contributed by atoms with Crippen molar-refractivity contribution in [3.63, 3.8) is 0 Å². The molecule has 0 fully saturated rings. The number of H-pyrrole nitrogens is 1. The molecular weight excluding hydrogens is 654 g/mol. The molecule has 1 heterocycles. The highest BCUT2D eigenvalue weighted by Crippen LogP contribution is 2.19. The summed E-state index contributed by atoms with van der Waals surface area (Å²) in [6.07, 6.45) is 15.2. The maximum atomic E-state index is 12.0. The SMILES string of the molecule is CCOC(C)(C)COC(C)(C)CCOC(=O)NCCCCCCCCCCCCNC(=O)NCCCCCCNC(=O)Nc1nc(C)cc(=O)[nH]1. The van der Waals surface area contributed by atoms with E-state index in [4.69, 9.17) is 14.2 Å². The van der Waals surface area contributed by atoms with Gasteiger partial charge in [0.1, 0.15) is 0 Å². The number of aryl methyl sites for hydroxylation is 1. The van der Waals surface area contributed by atoms with Gasteiger partial charge in [0.15, 0.2) is 0 Å². The first-order valence-corrected chi connectivity index (χ1v) is 19.1. The van der Waals surface area contributed by atoms with Crippen molar-refractivity contribution in [3.8, 4) is 0 Å². The van der Waals surface area contributed by atoms with Gasteiger partial charge in [-0.05, 0) is 67.2 Å². The molecule has 14 heteroatoms. The second-order valence-corrected chi connectivity index (χ2v) is 14.3. The highest BCUT2D eigenvalue weighted by atomic mass is 16.6. The van der Waals surface area contributed by atoms with E-state index in [-0.39, 0.29) is 29.2 Å². The standard InChI is InChI=1S/C37H69N7O7/c1-7-50-37(5,6)29-51-36(3,4)22-27-49-35(48)41-26-21-15-13-11-9-8-10-12-14-18-23-38-33(46)39-24-19-16-17-20-25-40-34(47)44-32-42-30(2)28-31(45)43-32/h28H,7-27,29H2,1-6H3,(H,41,48)(H2,38,39,46)(H3,40,42,43,44,45,47). The van der Waals surface area contributed by atoms with Crippen molar-refractivity contribution in [1.29, 1.82) is 0 Å². The van der Waals surface area contributed by atoms with Crippen LogP contribution in [0.3, 0.4) is 0 Å². The molecule has 0 spiro atoms. The van der Waals surface area contributed by atoms with Crippen molar-refractivity contribution in [3.05, 3.63) is 22.1 Å². The van der Waals surface area contributed by atoms with Gasteiger partial charge in [0, 0.05) is 51.0 Å². The molecule has 14 nitrogen and oxygen atoms in total. The predicted octanol–water partition coefficient (Wildman–Crippen LogP) is 6.69. The molecule has 0 unspecified atom stereocenters. The molecule has 0 saturated heterocycles. The van der Waals surface area contributed by atoms with Gasteiger partial charge in [0.25, 0.3) is 5.56 Å². The van der Waals surface area contributed by atoms with Crippen molar-refractivity contribution < 1.29 is 28.6 Å². The molecule has 1 rings (SSSR count). The quantitative estimate of drug-likeness (QED) is 0.0494. The topological polar surface area (TPSA) is 185 Å². The lowest BCUT2D eigenvalue weighted by atomic mass is 10.0. The summed E-state index contributed by atoms with van der Waals surface area (Å²) in [4.78, 5) is 53.8. The van der Waals surface area contributed by atoms with Gasteiger partial charge >= 0.3 is 18.2 Å². The van der Waals surface area contributed by atoms with Gasteiger partial charge in [0.2, 0.25) is 5.95 Å². The van der Waals surface area contributed by atoms with Gasteiger partial charge in [0.05, 0.1) is 24.4 Å². The Hall–Kier alpha value is -3.39. The molecule has 0 saturated carbocycles. The van der Waals surface area contributed by atoms with Crippen LogP contribution >= 0.6 is 0 Å². The maximum absolute atomic E-state index is 12.0. The van der Waals surface area contributed by atoms with Crippen LogP contribution in [0.2, 0.25) is 0 Å². The zero-order valence-corrected chi connectivity index (χ0v) is 32.4. The third-order valence-electron chi connectivity index (χ3n) is 8.22. The normalized spacial score (nSPS) is 11.6. The molecule has 0 radical (unpaired) electrons. The number of hydrogen-bond acceptors (Lipinski definition) is 8. The number of alkyl carbamates (subject to hydrolysis) is 1. The van der Waals surface area contributed by atoms with Gasteiger partial charge in [-0.3, -0.25) is 15.1 Å². The first kappa shape index (κ1) is 45.6. The second kappa shape index (κ2) is 27.3. The molecule has 51 heavy (non-hydrogen) atoms. The second-order valence-electron chi connectivity index (χ2n) is 14.3. The van der Waals surface area contributed by atoms with E-state index in [0.29, 0.717) is 58.1 Å². The van der Waals surface area contributed by atoms with Crippen molar-refractivity contribution in [2.45, 2.75) is 149 Å². The molecule has 0 atom stereocenters. The van der Waals surface area contributed by atoms with E-state index >= 15 is 0 Å². The summed E-state index contributed by atoms with van der Waals surface area (Å²) in [5.74, 6) is 0.126. The summed E-state index contributed by atoms with van der Waals surface area (Å²) in [6, 6.07) is 0.828. The maximum Gasteiger partial charge on any atom is 0.407 e. The molecule has 6 N–H and O–H groups in total. The molecule has 0 aliphatic rings. The van der Waals surface area contributed by atoms with Crippen LogP contribution < -0.4 is 32.1 Å². The molecule has 1 aromatic rings. The zero-order valence-electron chi connectivity index (χ0n) is 32.4. The van der Waals surface area contributed by atoms with Crippen LogP contribution in [0.15, 0.2) is 10.9 Å². The monoisotopic (exact) mass is 724 g/mol. The van der Waals surface area contributed by atoms with Gasteiger partial charge in [-0.15, -0.1) is 0 Å².